The molecule has 0 N–H and O–H groups in total. The van der Waals surface area contributed by atoms with E-state index in [1.807, 2.05) is 32.1 Å². The van der Waals surface area contributed by atoms with Gasteiger partial charge in [0.25, 0.3) is 0 Å². The molecule has 38 heavy (non-hydrogen) atoms. The van der Waals surface area contributed by atoms with Gasteiger partial charge in [-0.3, -0.25) is 0 Å². The zero-order valence-electron chi connectivity index (χ0n) is 23.4. The molecule has 0 saturated carbocycles. The van der Waals surface area contributed by atoms with Crippen molar-refractivity contribution in [3.05, 3.63) is 108 Å². The van der Waals surface area contributed by atoms with Gasteiger partial charge in [-0.05, 0) is 67.3 Å². The van der Waals surface area contributed by atoms with Gasteiger partial charge in [-0.15, -0.1) is 0 Å². The molecule has 0 aliphatic heterocycles. The minimum atomic E-state index is -0.0146. The monoisotopic (exact) mass is 499 g/mol. The van der Waals surface area contributed by atoms with Crippen molar-refractivity contribution < 1.29 is 4.42 Å². The maximum Gasteiger partial charge on any atom is 0.137 e. The number of fused-ring (bicyclic) bond motifs is 5. The topological polar surface area (TPSA) is 18.1 Å². The second-order valence-electron chi connectivity index (χ2n) is 10.2. The molecule has 0 radical (unpaired) electrons. The summed E-state index contributed by atoms with van der Waals surface area (Å²) in [6.07, 6.45) is 14.0. The summed E-state index contributed by atoms with van der Waals surface area (Å²) in [4.78, 5) is 0. The second kappa shape index (κ2) is 10.0. The van der Waals surface area contributed by atoms with E-state index in [0.29, 0.717) is 0 Å². The minimum Gasteiger partial charge on any atom is -0.456 e. The summed E-state index contributed by atoms with van der Waals surface area (Å²) in [5.74, 6) is 0. The van der Waals surface area contributed by atoms with Gasteiger partial charge in [-0.1, -0.05) is 88.9 Å². The first-order valence-electron chi connectivity index (χ1n) is 13.7. The van der Waals surface area contributed by atoms with Gasteiger partial charge in [0.15, 0.2) is 0 Å². The third-order valence-electron chi connectivity index (χ3n) is 7.48. The number of nitrogens with zero attached hydrogens (tertiary/aromatic N) is 1. The lowest BCUT2D eigenvalue weighted by atomic mass is 9.87. The van der Waals surface area contributed by atoms with E-state index in [9.17, 15) is 0 Å². The van der Waals surface area contributed by atoms with Gasteiger partial charge in [-0.2, -0.15) is 0 Å². The molecule has 0 spiro atoms. The molecule has 0 fully saturated rings. The van der Waals surface area contributed by atoms with Crippen molar-refractivity contribution in [3.8, 4) is 5.69 Å². The lowest BCUT2D eigenvalue weighted by Gasteiger charge is -2.20. The molecule has 0 atom stereocenters. The Morgan fingerprint density at radius 2 is 1.68 bits per heavy atom. The zero-order chi connectivity index (χ0) is 27.0. The number of benzene rings is 3. The number of hydrogen-bond donors (Lipinski definition) is 0. The van der Waals surface area contributed by atoms with Crippen molar-refractivity contribution in [1.29, 1.82) is 0 Å². The highest BCUT2D eigenvalue weighted by Gasteiger charge is 2.30. The minimum absolute atomic E-state index is 0.0146. The maximum absolute atomic E-state index is 6.28. The molecule has 0 saturated heterocycles. The molecule has 0 amide bonds. The van der Waals surface area contributed by atoms with Gasteiger partial charge in [-0.25, -0.2) is 0 Å². The van der Waals surface area contributed by atoms with Crippen LogP contribution < -0.4 is 0 Å². The van der Waals surface area contributed by atoms with Crippen LogP contribution in [-0.2, 0) is 5.41 Å². The summed E-state index contributed by atoms with van der Waals surface area (Å²) >= 11 is 0. The van der Waals surface area contributed by atoms with Crippen LogP contribution in [0.25, 0.3) is 56.3 Å². The van der Waals surface area contributed by atoms with Crippen LogP contribution in [0.3, 0.4) is 0 Å². The smallest absolute Gasteiger partial charge is 0.137 e. The molecule has 5 aromatic rings. The Bertz CT molecular complexity index is 1760. The van der Waals surface area contributed by atoms with Crippen molar-refractivity contribution in [2.24, 2.45) is 0 Å². The Morgan fingerprint density at radius 3 is 2.42 bits per heavy atom. The third-order valence-corrected chi connectivity index (χ3v) is 7.48. The molecular weight excluding hydrogens is 462 g/mol. The standard InChI is InChI=1S/C34H31NO.C2H6/c1-6-9-13-22-21-34(4,5)29-18-23(16-17-25(22)29)35-30(12-7-2)24(8-3)27-19-28-26-14-10-11-15-32(26)36-33(28)20-31(27)35;1-2/h6-12,14-21H,3,13H2,1-2,4-5H3;1-2H3/b9-6-,12-7-;. The largest absolute Gasteiger partial charge is 0.456 e. The molecule has 2 nitrogen and oxygen atoms in total. The first kappa shape index (κ1) is 25.6. The van der Waals surface area contributed by atoms with E-state index in [1.165, 1.54) is 22.1 Å². The molecular formula is C36H37NO. The van der Waals surface area contributed by atoms with Gasteiger partial charge < -0.3 is 8.98 Å². The first-order chi connectivity index (χ1) is 18.5. The van der Waals surface area contributed by atoms with Crippen molar-refractivity contribution in [2.45, 2.75) is 53.4 Å². The lowest BCUT2D eigenvalue weighted by Crippen LogP contribution is -2.11. The molecule has 3 aromatic carbocycles. The van der Waals surface area contributed by atoms with Gasteiger partial charge >= 0.3 is 0 Å². The number of rotatable bonds is 5. The van der Waals surface area contributed by atoms with Crippen LogP contribution in [0.4, 0.5) is 0 Å². The SMILES string of the molecule is C=Cc1c(/C=C\C)n(-c2ccc3c(c2)C(C)(C)C=C3C/C=C\C)c2cc3oc4ccccc4c3cc12.CC. The fraction of sp³-hybridized carbons (Fsp3) is 0.222. The number of furan rings is 1. The van der Waals surface area contributed by atoms with Crippen LogP contribution in [0.15, 0.2) is 89.9 Å². The van der Waals surface area contributed by atoms with Crippen LogP contribution in [-0.4, -0.2) is 4.57 Å². The van der Waals surface area contributed by atoms with E-state index < -0.39 is 0 Å². The van der Waals surface area contributed by atoms with Crippen molar-refractivity contribution in [3.63, 3.8) is 0 Å². The summed E-state index contributed by atoms with van der Waals surface area (Å²) in [6.45, 7) is 17.0. The Balaban J connectivity index is 0.00000144. The number of allylic oxidation sites excluding steroid dienone is 5. The molecule has 2 aromatic heterocycles. The van der Waals surface area contributed by atoms with E-state index in [4.69, 9.17) is 4.42 Å². The van der Waals surface area contributed by atoms with E-state index in [-0.39, 0.29) is 5.41 Å². The number of para-hydroxylation sites is 1. The molecule has 6 rings (SSSR count). The lowest BCUT2D eigenvalue weighted by molar-refractivity contribution is 0.669. The van der Waals surface area contributed by atoms with Crippen molar-refractivity contribution in [2.75, 3.05) is 0 Å². The fourth-order valence-electron chi connectivity index (χ4n) is 5.85. The molecule has 1 aliphatic rings. The highest BCUT2D eigenvalue weighted by molar-refractivity contribution is 6.12. The van der Waals surface area contributed by atoms with E-state index in [0.717, 1.165) is 50.8 Å². The second-order valence-corrected chi connectivity index (χ2v) is 10.2. The Labute approximate surface area is 226 Å². The molecule has 0 bridgehead atoms. The van der Waals surface area contributed by atoms with Crippen LogP contribution >= 0.6 is 0 Å². The fourth-order valence-corrected chi connectivity index (χ4v) is 5.85. The quantitative estimate of drug-likeness (QED) is 0.220. The molecule has 2 heteroatoms. The van der Waals surface area contributed by atoms with E-state index in [2.05, 4.69) is 112 Å². The van der Waals surface area contributed by atoms with Crippen molar-refractivity contribution >= 4 is 50.6 Å². The normalized spacial score (nSPS) is 14.4. The van der Waals surface area contributed by atoms with E-state index >= 15 is 0 Å². The van der Waals surface area contributed by atoms with Gasteiger partial charge in [0.1, 0.15) is 11.2 Å². The van der Waals surface area contributed by atoms with Crippen molar-refractivity contribution in [1.82, 2.24) is 4.57 Å². The average molecular weight is 500 g/mol. The van der Waals surface area contributed by atoms with Gasteiger partial charge in [0.05, 0.1) is 11.2 Å². The molecule has 2 heterocycles. The number of hydrogen-bond acceptors (Lipinski definition) is 1. The molecule has 1 aliphatic carbocycles. The van der Waals surface area contributed by atoms with Gasteiger partial charge in [0, 0.05) is 38.9 Å². The van der Waals surface area contributed by atoms with Crippen LogP contribution in [0.2, 0.25) is 0 Å². The third kappa shape index (κ3) is 3.96. The zero-order valence-corrected chi connectivity index (χ0v) is 23.4. The van der Waals surface area contributed by atoms with Crippen LogP contribution in [0.1, 0.15) is 70.3 Å². The Kier molecular flexibility index (Phi) is 6.75. The average Bonchev–Trinajstić information content (AvgIpc) is 3.53. The summed E-state index contributed by atoms with van der Waals surface area (Å²) in [5, 5.41) is 3.46. The first-order valence-corrected chi connectivity index (χ1v) is 13.7. The summed E-state index contributed by atoms with van der Waals surface area (Å²) in [6, 6.07) is 19.6. The molecule has 0 unspecified atom stereocenters. The Morgan fingerprint density at radius 1 is 0.895 bits per heavy atom. The predicted molar refractivity (Wildman–Crippen MR) is 167 cm³/mol. The highest BCUT2D eigenvalue weighted by Crippen LogP contribution is 2.44. The summed E-state index contributed by atoms with van der Waals surface area (Å²) in [7, 11) is 0. The predicted octanol–water partition coefficient (Wildman–Crippen LogP) is 10.9. The summed E-state index contributed by atoms with van der Waals surface area (Å²) < 4.78 is 8.64. The van der Waals surface area contributed by atoms with Crippen LogP contribution in [0.5, 0.6) is 0 Å². The summed E-state index contributed by atoms with van der Waals surface area (Å²) in [5.41, 5.74) is 10.5. The van der Waals surface area contributed by atoms with Crippen LogP contribution in [0, 0.1) is 0 Å². The Hall–Kier alpha value is -4.04. The molecule has 192 valence electrons. The van der Waals surface area contributed by atoms with Gasteiger partial charge in [0.2, 0.25) is 0 Å². The van der Waals surface area contributed by atoms with E-state index in [1.54, 1.807) is 0 Å². The number of aromatic nitrogens is 1. The highest BCUT2D eigenvalue weighted by atomic mass is 16.3. The maximum atomic E-state index is 6.28.